The number of rotatable bonds is 4. The quantitative estimate of drug-likeness (QED) is 0.354. The van der Waals surface area contributed by atoms with Crippen molar-refractivity contribution in [3.8, 4) is 0 Å². The zero-order valence-electron chi connectivity index (χ0n) is 19.7. The highest BCUT2D eigenvalue weighted by Crippen LogP contribution is 3.02. The van der Waals surface area contributed by atoms with Crippen LogP contribution in [0, 0.1) is 11.8 Å². The third kappa shape index (κ3) is 5.13. The minimum absolute atomic E-state index is 0.102. The monoisotopic (exact) mass is 551 g/mol. The number of piperidine rings is 1. The fraction of sp³-hybridized carbons (Fsp3) is 0.478. The van der Waals surface area contributed by atoms with E-state index in [4.69, 9.17) is 15.5 Å². The molecule has 7 nitrogen and oxygen atoms in total. The maximum atomic E-state index is 15.0. The normalized spacial score (nSPS) is 25.4. The van der Waals surface area contributed by atoms with Gasteiger partial charge in [-0.2, -0.15) is 0 Å². The molecule has 2 fully saturated rings. The van der Waals surface area contributed by atoms with Crippen LogP contribution in [-0.2, 0) is 4.74 Å². The molecule has 0 saturated carbocycles. The predicted molar refractivity (Wildman–Crippen MR) is 128 cm³/mol. The number of fused-ring (bicyclic) bond motifs is 1. The summed E-state index contributed by atoms with van der Waals surface area (Å²) in [6, 6.07) is 0.962. The van der Waals surface area contributed by atoms with Gasteiger partial charge in [0.05, 0.1) is 11.3 Å². The van der Waals surface area contributed by atoms with E-state index in [0.29, 0.717) is 43.4 Å². The Labute approximate surface area is 209 Å². The van der Waals surface area contributed by atoms with Crippen LogP contribution in [0.2, 0.25) is 0 Å². The molecule has 4 aliphatic heterocycles. The van der Waals surface area contributed by atoms with Crippen molar-refractivity contribution in [1.29, 1.82) is 0 Å². The maximum Gasteiger partial charge on any atom is 0.310 e. The highest BCUT2D eigenvalue weighted by Gasteiger charge is 2.65. The molecule has 4 aliphatic rings. The van der Waals surface area contributed by atoms with Gasteiger partial charge in [-0.1, -0.05) is 19.4 Å². The fourth-order valence-corrected chi connectivity index (χ4v) is 5.91. The van der Waals surface area contributed by atoms with Crippen molar-refractivity contribution in [2.75, 3.05) is 32.0 Å². The number of hydrogen-bond acceptors (Lipinski definition) is 6. The van der Waals surface area contributed by atoms with Gasteiger partial charge < -0.3 is 26.0 Å². The number of anilines is 1. The van der Waals surface area contributed by atoms with Crippen LogP contribution in [0.1, 0.15) is 36.0 Å². The Bertz CT molecular complexity index is 1220. The van der Waals surface area contributed by atoms with E-state index in [9.17, 15) is 28.6 Å². The molecular weight excluding hydrogens is 524 g/mol. The molecule has 4 heterocycles. The van der Waals surface area contributed by atoms with E-state index in [1.807, 2.05) is 0 Å². The number of likely N-dealkylation sites (tertiary alicyclic amines) is 1. The Balaban J connectivity index is 1.31. The minimum atomic E-state index is -9.92. The number of ether oxygens (including phenoxy) is 1. The first-order chi connectivity index (χ1) is 17.2. The van der Waals surface area contributed by atoms with Crippen molar-refractivity contribution in [3.63, 3.8) is 0 Å². The van der Waals surface area contributed by atoms with Gasteiger partial charge in [-0.3, -0.25) is 4.79 Å². The molecule has 0 bridgehead atoms. The summed E-state index contributed by atoms with van der Waals surface area (Å²) in [4.78, 5) is 16.9. The average molecular weight is 552 g/mol. The van der Waals surface area contributed by atoms with Crippen LogP contribution in [0.3, 0.4) is 0 Å². The molecular formula is C23H27F6N5O2S. The molecule has 204 valence electrons. The average Bonchev–Trinajstić information content (AvgIpc) is 3.27. The summed E-state index contributed by atoms with van der Waals surface area (Å²) >= 11 is 0. The first-order valence-corrected chi connectivity index (χ1v) is 13.9. The van der Waals surface area contributed by atoms with Crippen molar-refractivity contribution in [2.45, 2.75) is 36.7 Å². The second kappa shape index (κ2) is 8.32. The number of aliphatic imine (C=N–C) groups is 1. The summed E-state index contributed by atoms with van der Waals surface area (Å²) in [7, 11) is -9.92. The number of dihydropyridines is 1. The number of nitrogens with zero attached hydrogens (tertiary/aromatic N) is 2. The fourth-order valence-electron chi connectivity index (χ4n) is 5.24. The molecule has 2 saturated heterocycles. The number of carbonyl (C=O) groups is 1. The van der Waals surface area contributed by atoms with Gasteiger partial charge in [0, 0.05) is 49.7 Å². The Hall–Kier alpha value is -2.87. The van der Waals surface area contributed by atoms with E-state index in [2.05, 4.69) is 10.6 Å². The lowest BCUT2D eigenvalue weighted by molar-refractivity contribution is 0.0702. The zero-order chi connectivity index (χ0) is 26.7. The van der Waals surface area contributed by atoms with Crippen LogP contribution in [0.15, 0.2) is 51.4 Å². The Morgan fingerprint density at radius 2 is 1.73 bits per heavy atom. The predicted octanol–water partition coefficient (Wildman–Crippen LogP) is 5.20. The van der Waals surface area contributed by atoms with Gasteiger partial charge in [0.25, 0.3) is 5.91 Å². The van der Waals surface area contributed by atoms with E-state index in [1.54, 1.807) is 0 Å². The molecule has 1 atom stereocenters. The number of benzene rings is 1. The standard InChI is InChI=1S/C23H27F6N5O2S/c24-17-12-31-22-20(32-21(33-22)14-5-9-36-10-6-14)19(17)13-3-7-34(8-4-13)23(35)16-2-1-15(11-18(16)30)37(25,26,27,28)29/h1-2,11-14,22,31H,3-10,30H2,(H,32,33). The van der Waals surface area contributed by atoms with Crippen LogP contribution in [0.4, 0.5) is 29.5 Å². The van der Waals surface area contributed by atoms with Crippen molar-refractivity contribution < 1.29 is 33.4 Å². The molecule has 14 heteroatoms. The summed E-state index contributed by atoms with van der Waals surface area (Å²) in [6.07, 6.45) is 3.39. The van der Waals surface area contributed by atoms with Gasteiger partial charge in [0.2, 0.25) is 0 Å². The van der Waals surface area contributed by atoms with Gasteiger partial charge in [0.15, 0.2) is 0 Å². The molecule has 1 unspecified atom stereocenters. The number of nitrogens with one attached hydrogen (secondary N) is 2. The lowest BCUT2D eigenvalue weighted by Gasteiger charge is -2.40. The number of hydrogen-bond donors (Lipinski definition) is 3. The second-order valence-corrected chi connectivity index (χ2v) is 12.1. The zero-order valence-corrected chi connectivity index (χ0v) is 20.5. The third-order valence-electron chi connectivity index (χ3n) is 7.21. The highest BCUT2D eigenvalue weighted by atomic mass is 32.5. The molecule has 0 radical (unpaired) electrons. The van der Waals surface area contributed by atoms with E-state index in [-0.39, 0.29) is 48.8 Å². The van der Waals surface area contributed by atoms with Gasteiger partial charge >= 0.3 is 10.2 Å². The van der Waals surface area contributed by atoms with Gasteiger partial charge in [-0.25, -0.2) is 9.38 Å². The molecule has 4 N–H and O–H groups in total. The van der Waals surface area contributed by atoms with E-state index < -0.39 is 32.5 Å². The number of carbonyl (C=O) groups excluding carboxylic acids is 1. The number of amidine groups is 1. The lowest BCUT2D eigenvalue weighted by Crippen LogP contribution is -2.45. The van der Waals surface area contributed by atoms with Gasteiger partial charge in [0.1, 0.15) is 22.7 Å². The van der Waals surface area contributed by atoms with Gasteiger partial charge in [-0.15, -0.1) is 0 Å². The van der Waals surface area contributed by atoms with Crippen LogP contribution in [0.5, 0.6) is 0 Å². The second-order valence-electron chi connectivity index (χ2n) is 9.70. The number of nitrogen functional groups attached to an aromatic ring is 1. The summed E-state index contributed by atoms with van der Waals surface area (Å²) in [6.45, 7) is 1.67. The number of allylic oxidation sites excluding steroid dienone is 2. The van der Waals surface area contributed by atoms with E-state index in [1.165, 1.54) is 11.1 Å². The molecule has 1 amide bonds. The van der Waals surface area contributed by atoms with E-state index in [0.717, 1.165) is 18.7 Å². The van der Waals surface area contributed by atoms with Crippen LogP contribution >= 0.6 is 10.2 Å². The Morgan fingerprint density at radius 3 is 2.35 bits per heavy atom. The Kier molecular flexibility index (Phi) is 5.79. The first kappa shape index (κ1) is 25.8. The first-order valence-electron chi connectivity index (χ1n) is 11.9. The minimum Gasteiger partial charge on any atom is -0.398 e. The number of halogens is 6. The Morgan fingerprint density at radius 1 is 1.05 bits per heavy atom. The molecule has 0 spiro atoms. The number of amides is 1. The maximum absolute atomic E-state index is 15.0. The molecule has 0 aromatic heterocycles. The van der Waals surface area contributed by atoms with Crippen LogP contribution in [-0.4, -0.2) is 49.1 Å². The lowest BCUT2D eigenvalue weighted by atomic mass is 9.85. The summed E-state index contributed by atoms with van der Waals surface area (Å²) < 4.78 is 85.8. The summed E-state index contributed by atoms with van der Waals surface area (Å²) in [5.41, 5.74) is 5.67. The molecule has 1 aromatic rings. The SMILES string of the molecule is Nc1cc(S(F)(F)(F)(F)F)ccc1C(=O)N1CCC(C2=C3N=C(C4CCOCC4)NC3NC=C2F)CC1. The smallest absolute Gasteiger partial charge is 0.310 e. The number of nitrogens with two attached hydrogens (primary N) is 1. The van der Waals surface area contributed by atoms with Crippen molar-refractivity contribution in [1.82, 2.24) is 15.5 Å². The summed E-state index contributed by atoms with van der Waals surface area (Å²) in [5.74, 6) is -0.315. The van der Waals surface area contributed by atoms with Crippen molar-refractivity contribution in [2.24, 2.45) is 16.8 Å². The summed E-state index contributed by atoms with van der Waals surface area (Å²) in [5, 5.41) is 6.31. The topological polar surface area (TPSA) is 92.0 Å². The van der Waals surface area contributed by atoms with Crippen LogP contribution in [0.25, 0.3) is 0 Å². The largest absolute Gasteiger partial charge is 0.398 e. The highest BCUT2D eigenvalue weighted by molar-refractivity contribution is 8.45. The molecule has 37 heavy (non-hydrogen) atoms. The van der Waals surface area contributed by atoms with Crippen molar-refractivity contribution in [3.05, 3.63) is 47.1 Å². The van der Waals surface area contributed by atoms with Gasteiger partial charge in [-0.05, 0) is 49.8 Å². The van der Waals surface area contributed by atoms with E-state index >= 15 is 0 Å². The molecule has 1 aromatic carbocycles. The third-order valence-corrected chi connectivity index (χ3v) is 8.36. The molecule has 5 rings (SSSR count). The molecule has 0 aliphatic carbocycles. The van der Waals surface area contributed by atoms with Crippen LogP contribution < -0.4 is 16.4 Å². The van der Waals surface area contributed by atoms with Crippen molar-refractivity contribution >= 4 is 27.7 Å².